The van der Waals surface area contributed by atoms with Crippen LogP contribution >= 0.6 is 0 Å². The van der Waals surface area contributed by atoms with Gasteiger partial charge in [0.05, 0.1) is 18.7 Å². The molecule has 0 fully saturated rings. The van der Waals surface area contributed by atoms with Gasteiger partial charge in [0, 0.05) is 32.1 Å². The number of rotatable bonds is 8. The normalized spacial score (nSPS) is 13.2. The molecule has 110 valence electrons. The van der Waals surface area contributed by atoms with Crippen LogP contribution in [-0.4, -0.2) is 39.4 Å². The Labute approximate surface area is 118 Å². The summed E-state index contributed by atoms with van der Waals surface area (Å²) >= 11 is 0. The van der Waals surface area contributed by atoms with Gasteiger partial charge in [-0.05, 0) is 18.1 Å². The molecule has 2 rings (SSSR count). The molecule has 0 spiro atoms. The Morgan fingerprint density at radius 1 is 1.25 bits per heavy atom. The number of methoxy groups -OCH3 is 1. The van der Waals surface area contributed by atoms with E-state index in [0.29, 0.717) is 44.3 Å². The molecule has 0 aromatic heterocycles. The van der Waals surface area contributed by atoms with Crippen molar-refractivity contribution >= 4 is 17.3 Å². The first-order valence-corrected chi connectivity index (χ1v) is 6.62. The van der Waals surface area contributed by atoms with Gasteiger partial charge < -0.3 is 25.3 Å². The fraction of sp³-hybridized carbons (Fsp3) is 0.500. The van der Waals surface area contributed by atoms with E-state index in [1.165, 1.54) is 0 Å². The molecule has 1 aromatic carbocycles. The largest absolute Gasteiger partial charge is 0.489 e. The first kappa shape index (κ1) is 14.6. The summed E-state index contributed by atoms with van der Waals surface area (Å²) in [6, 6.07) is 3.54. The molecule has 0 bridgehead atoms. The number of nitrogens with one attached hydrogen (secondary N) is 1. The third-order valence-corrected chi connectivity index (χ3v) is 2.98. The van der Waals surface area contributed by atoms with E-state index in [-0.39, 0.29) is 5.91 Å². The summed E-state index contributed by atoms with van der Waals surface area (Å²) < 4.78 is 15.9. The minimum absolute atomic E-state index is 0.0157. The van der Waals surface area contributed by atoms with E-state index in [9.17, 15) is 4.79 Å². The minimum Gasteiger partial charge on any atom is -0.489 e. The van der Waals surface area contributed by atoms with Gasteiger partial charge in [-0.25, -0.2) is 0 Å². The summed E-state index contributed by atoms with van der Waals surface area (Å²) in [4.78, 5) is 11.3. The molecule has 20 heavy (non-hydrogen) atoms. The lowest BCUT2D eigenvalue weighted by Crippen LogP contribution is -2.09. The monoisotopic (exact) mass is 280 g/mol. The molecule has 0 radical (unpaired) electrons. The average Bonchev–Trinajstić information content (AvgIpc) is 2.77. The second-order valence-electron chi connectivity index (χ2n) is 4.58. The predicted molar refractivity (Wildman–Crippen MR) is 76.0 cm³/mol. The molecule has 0 saturated heterocycles. The predicted octanol–water partition coefficient (Wildman–Crippen LogP) is 1.20. The van der Waals surface area contributed by atoms with Gasteiger partial charge in [0.25, 0.3) is 0 Å². The number of hydrogen-bond donors (Lipinski definition) is 2. The van der Waals surface area contributed by atoms with Crippen molar-refractivity contribution in [1.29, 1.82) is 0 Å². The highest BCUT2D eigenvalue weighted by atomic mass is 16.5. The van der Waals surface area contributed by atoms with Crippen LogP contribution in [0.25, 0.3) is 0 Å². The van der Waals surface area contributed by atoms with Gasteiger partial charge in [-0.1, -0.05) is 0 Å². The molecular weight excluding hydrogens is 260 g/mol. The second kappa shape index (κ2) is 7.12. The van der Waals surface area contributed by atoms with E-state index in [0.717, 1.165) is 17.7 Å². The zero-order valence-corrected chi connectivity index (χ0v) is 11.6. The molecule has 0 saturated carbocycles. The number of nitrogen functional groups attached to an aromatic ring is 1. The lowest BCUT2D eigenvalue weighted by atomic mass is 10.1. The van der Waals surface area contributed by atoms with Crippen molar-refractivity contribution in [2.75, 3.05) is 44.6 Å². The number of amides is 1. The summed E-state index contributed by atoms with van der Waals surface area (Å²) in [6.07, 6.45) is 1.24. The van der Waals surface area contributed by atoms with Crippen LogP contribution in [0, 0.1) is 0 Å². The lowest BCUT2D eigenvalue weighted by Gasteiger charge is -2.11. The van der Waals surface area contributed by atoms with Crippen LogP contribution in [0.1, 0.15) is 12.0 Å². The Hall–Kier alpha value is -1.79. The van der Waals surface area contributed by atoms with Gasteiger partial charge >= 0.3 is 0 Å². The molecule has 0 aliphatic carbocycles. The number of anilines is 2. The summed E-state index contributed by atoms with van der Waals surface area (Å²) in [7, 11) is 1.67. The Morgan fingerprint density at radius 2 is 2.10 bits per heavy atom. The molecule has 1 aromatic rings. The third-order valence-electron chi connectivity index (χ3n) is 2.98. The van der Waals surface area contributed by atoms with Crippen molar-refractivity contribution in [2.24, 2.45) is 0 Å². The van der Waals surface area contributed by atoms with E-state index in [4.69, 9.17) is 19.9 Å². The molecule has 3 N–H and O–H groups in total. The van der Waals surface area contributed by atoms with Crippen LogP contribution in [0.2, 0.25) is 0 Å². The number of fused-ring (bicyclic) bond motifs is 1. The van der Waals surface area contributed by atoms with Gasteiger partial charge in [-0.3, -0.25) is 4.79 Å². The number of ether oxygens (including phenoxy) is 3. The van der Waals surface area contributed by atoms with E-state index in [2.05, 4.69) is 5.32 Å². The summed E-state index contributed by atoms with van der Waals surface area (Å²) in [5.74, 6) is 0.560. The first-order valence-electron chi connectivity index (χ1n) is 6.62. The number of hydrogen-bond acceptors (Lipinski definition) is 5. The van der Waals surface area contributed by atoms with E-state index in [1.807, 2.05) is 0 Å². The zero-order chi connectivity index (χ0) is 14.4. The molecule has 6 nitrogen and oxygen atoms in total. The molecule has 1 amide bonds. The van der Waals surface area contributed by atoms with Crippen LogP contribution < -0.4 is 15.8 Å². The Kier molecular flexibility index (Phi) is 5.20. The van der Waals surface area contributed by atoms with Crippen molar-refractivity contribution < 1.29 is 19.0 Å². The number of nitrogens with two attached hydrogens (primary N) is 1. The smallest absolute Gasteiger partial charge is 0.228 e. The lowest BCUT2D eigenvalue weighted by molar-refractivity contribution is -0.115. The van der Waals surface area contributed by atoms with Crippen molar-refractivity contribution in [3.63, 3.8) is 0 Å². The fourth-order valence-corrected chi connectivity index (χ4v) is 2.02. The molecule has 0 atom stereocenters. The molecule has 0 unspecified atom stereocenters. The topological polar surface area (TPSA) is 82.8 Å². The van der Waals surface area contributed by atoms with Crippen molar-refractivity contribution in [2.45, 2.75) is 12.8 Å². The molecule has 1 aliphatic heterocycles. The Bertz CT molecular complexity index is 476. The highest BCUT2D eigenvalue weighted by molar-refractivity contribution is 6.00. The van der Waals surface area contributed by atoms with Crippen molar-refractivity contribution in [3.05, 3.63) is 17.7 Å². The first-order chi connectivity index (χ1) is 9.70. The molecule has 6 heteroatoms. The zero-order valence-electron chi connectivity index (χ0n) is 11.6. The summed E-state index contributed by atoms with van der Waals surface area (Å²) in [5, 5.41) is 2.77. The van der Waals surface area contributed by atoms with Gasteiger partial charge in [-0.2, -0.15) is 0 Å². The van der Waals surface area contributed by atoms with E-state index < -0.39 is 0 Å². The second-order valence-corrected chi connectivity index (χ2v) is 4.58. The standard InChI is InChI=1S/C14H20N2O4/c1-18-3-2-4-19-5-6-20-13-9-12-10(7-11(13)15)8-14(17)16-12/h7,9H,2-6,8,15H2,1H3,(H,16,17). The highest BCUT2D eigenvalue weighted by Crippen LogP contribution is 2.32. The van der Waals surface area contributed by atoms with Crippen LogP contribution in [-0.2, 0) is 20.7 Å². The highest BCUT2D eigenvalue weighted by Gasteiger charge is 2.19. The summed E-state index contributed by atoms with van der Waals surface area (Å²) in [5.41, 5.74) is 8.13. The number of carbonyl (C=O) groups excluding carboxylic acids is 1. The van der Waals surface area contributed by atoms with Crippen LogP contribution in [0.5, 0.6) is 5.75 Å². The fourth-order valence-electron chi connectivity index (χ4n) is 2.02. The maximum absolute atomic E-state index is 11.3. The maximum Gasteiger partial charge on any atom is 0.228 e. The Balaban J connectivity index is 1.76. The Morgan fingerprint density at radius 3 is 2.90 bits per heavy atom. The SMILES string of the molecule is COCCCOCCOc1cc2c(cc1N)CC(=O)N2. The van der Waals surface area contributed by atoms with Crippen LogP contribution in [0.15, 0.2) is 12.1 Å². The van der Waals surface area contributed by atoms with Gasteiger partial charge in [0.15, 0.2) is 0 Å². The number of benzene rings is 1. The molecule has 1 aliphatic rings. The van der Waals surface area contributed by atoms with Crippen LogP contribution in [0.4, 0.5) is 11.4 Å². The maximum atomic E-state index is 11.3. The van der Waals surface area contributed by atoms with Crippen LogP contribution in [0.3, 0.4) is 0 Å². The average molecular weight is 280 g/mol. The van der Waals surface area contributed by atoms with Crippen molar-refractivity contribution in [3.8, 4) is 5.75 Å². The number of carbonyl (C=O) groups is 1. The van der Waals surface area contributed by atoms with E-state index in [1.54, 1.807) is 19.2 Å². The van der Waals surface area contributed by atoms with Gasteiger partial charge in [0.1, 0.15) is 12.4 Å². The van der Waals surface area contributed by atoms with Gasteiger partial charge in [0.2, 0.25) is 5.91 Å². The van der Waals surface area contributed by atoms with E-state index >= 15 is 0 Å². The summed E-state index contributed by atoms with van der Waals surface area (Å²) in [6.45, 7) is 2.25. The quantitative estimate of drug-likeness (QED) is 0.552. The van der Waals surface area contributed by atoms with Gasteiger partial charge in [-0.15, -0.1) is 0 Å². The third kappa shape index (κ3) is 3.85. The minimum atomic E-state index is -0.0157. The molecule has 1 heterocycles. The molecular formula is C14H20N2O4. The van der Waals surface area contributed by atoms with Crippen molar-refractivity contribution in [1.82, 2.24) is 0 Å².